The molecule has 0 aromatic rings. The smallest absolute Gasteiger partial charge is 0.228 e. The molecule has 0 aliphatic heterocycles. The molecule has 0 saturated heterocycles. The van der Waals surface area contributed by atoms with Crippen LogP contribution in [0.3, 0.4) is 0 Å². The third-order valence-corrected chi connectivity index (χ3v) is 3.24. The van der Waals surface area contributed by atoms with Gasteiger partial charge in [-0.2, -0.15) is 13.2 Å². The third kappa shape index (κ3) is 2.69. The quantitative estimate of drug-likeness (QED) is 0.652. The Kier molecular flexibility index (Phi) is 1.90. The first-order chi connectivity index (χ1) is 4.81. The molecule has 0 N–H and O–H groups in total. The maximum absolute atomic E-state index is 11.5. The van der Waals surface area contributed by atoms with Crippen LogP contribution in [-0.2, 0) is 9.84 Å². The summed E-state index contributed by atoms with van der Waals surface area (Å²) >= 11 is 0. The molecule has 1 aliphatic carbocycles. The van der Waals surface area contributed by atoms with Crippen LogP contribution in [0.25, 0.3) is 0 Å². The minimum Gasteiger partial charge on any atom is -0.228 e. The fraction of sp³-hybridized carbons (Fsp3) is 0.800. The lowest BCUT2D eigenvalue weighted by Crippen LogP contribution is -2.23. The lowest BCUT2D eigenvalue weighted by atomic mass is 10.8. The van der Waals surface area contributed by atoms with Crippen molar-refractivity contribution in [3.8, 4) is 0 Å². The van der Waals surface area contributed by atoms with Crippen molar-refractivity contribution in [1.29, 1.82) is 0 Å². The highest BCUT2D eigenvalue weighted by molar-refractivity contribution is 7.94. The van der Waals surface area contributed by atoms with Crippen LogP contribution in [0.15, 0.2) is 0 Å². The van der Waals surface area contributed by atoms with Crippen LogP contribution in [-0.4, -0.2) is 20.3 Å². The highest BCUT2D eigenvalue weighted by Gasteiger charge is 2.44. The summed E-state index contributed by atoms with van der Waals surface area (Å²) in [6, 6.07) is 0. The number of hydrogen-bond donors (Lipinski definition) is 0. The molecule has 65 valence electrons. The molecule has 0 bridgehead atoms. The van der Waals surface area contributed by atoms with E-state index < -0.39 is 21.8 Å². The molecule has 0 unspecified atom stereocenters. The lowest BCUT2D eigenvalue weighted by Gasteiger charge is -2.04. The van der Waals surface area contributed by atoms with Crippen molar-refractivity contribution in [2.45, 2.75) is 19.0 Å². The van der Waals surface area contributed by atoms with E-state index in [0.717, 1.165) is 0 Å². The lowest BCUT2D eigenvalue weighted by molar-refractivity contribution is -0.106. The molecule has 0 spiro atoms. The van der Waals surface area contributed by atoms with Crippen molar-refractivity contribution in [1.82, 2.24) is 0 Å². The monoisotopic (exact) mass is 187 g/mol. The van der Waals surface area contributed by atoms with Gasteiger partial charge in [-0.25, -0.2) is 8.42 Å². The van der Waals surface area contributed by atoms with Gasteiger partial charge in [0.15, 0.2) is 9.84 Å². The summed E-state index contributed by atoms with van der Waals surface area (Å²) in [6.45, 7) is 0. The molecule has 1 saturated carbocycles. The van der Waals surface area contributed by atoms with Crippen LogP contribution in [0.5, 0.6) is 0 Å². The molecule has 1 radical (unpaired) electrons. The van der Waals surface area contributed by atoms with Gasteiger partial charge in [0.2, 0.25) is 0 Å². The maximum Gasteiger partial charge on any atom is 0.402 e. The van der Waals surface area contributed by atoms with Gasteiger partial charge >= 0.3 is 6.18 Å². The molecule has 0 amide bonds. The standard InChI is InChI=1S/C5H6F3O2S/c6-5(7,8)3-11(9,10)4-1-2-4/h1-3H2. The summed E-state index contributed by atoms with van der Waals surface area (Å²) < 4.78 is 55.9. The molecule has 1 rings (SSSR count). The Hall–Kier alpha value is -0.260. The van der Waals surface area contributed by atoms with Crippen molar-refractivity contribution in [2.75, 3.05) is 5.75 Å². The molecular weight excluding hydrogens is 181 g/mol. The van der Waals surface area contributed by atoms with Crippen molar-refractivity contribution >= 4 is 9.84 Å². The zero-order valence-electron chi connectivity index (χ0n) is 5.48. The molecule has 0 aromatic heterocycles. The number of rotatable bonds is 2. The van der Waals surface area contributed by atoms with Gasteiger partial charge in [-0.15, -0.1) is 0 Å². The predicted octanol–water partition coefficient (Wildman–Crippen LogP) is 1.29. The van der Waals surface area contributed by atoms with Gasteiger partial charge < -0.3 is 0 Å². The first-order valence-electron chi connectivity index (χ1n) is 2.95. The predicted molar refractivity (Wildman–Crippen MR) is 32.3 cm³/mol. The number of alkyl halides is 3. The van der Waals surface area contributed by atoms with Crippen LogP contribution >= 0.6 is 0 Å². The van der Waals surface area contributed by atoms with Gasteiger partial charge in [0.25, 0.3) is 0 Å². The molecule has 0 aromatic carbocycles. The summed E-state index contributed by atoms with van der Waals surface area (Å²) in [6.07, 6.45) is -3.99. The van der Waals surface area contributed by atoms with Crippen molar-refractivity contribution in [3.05, 3.63) is 5.25 Å². The summed E-state index contributed by atoms with van der Waals surface area (Å²) in [5, 5.41) is 0.0369. The Labute approximate surface area is 62.3 Å². The van der Waals surface area contributed by atoms with E-state index in [2.05, 4.69) is 0 Å². The average Bonchev–Trinajstić information content (AvgIpc) is 2.30. The number of sulfone groups is 1. The van der Waals surface area contributed by atoms with Gasteiger partial charge in [0, 0.05) is 0 Å². The van der Waals surface area contributed by atoms with Gasteiger partial charge in [0.1, 0.15) is 5.75 Å². The Bertz CT molecular complexity index is 237. The Morgan fingerprint density at radius 3 is 2.00 bits per heavy atom. The first kappa shape index (κ1) is 8.83. The number of halogens is 3. The zero-order chi connectivity index (χ0) is 8.70. The Morgan fingerprint density at radius 1 is 1.27 bits per heavy atom. The van der Waals surface area contributed by atoms with E-state index >= 15 is 0 Å². The molecule has 1 aliphatic rings. The van der Waals surface area contributed by atoms with E-state index in [-0.39, 0.29) is 5.25 Å². The van der Waals surface area contributed by atoms with Gasteiger partial charge in [-0.05, 0) is 12.8 Å². The summed E-state index contributed by atoms with van der Waals surface area (Å²) in [7, 11) is -3.95. The van der Waals surface area contributed by atoms with E-state index in [1.165, 1.54) is 0 Å². The van der Waals surface area contributed by atoms with Crippen molar-refractivity contribution < 1.29 is 21.6 Å². The number of hydrogen-bond acceptors (Lipinski definition) is 2. The second kappa shape index (κ2) is 2.36. The van der Waals surface area contributed by atoms with Crippen molar-refractivity contribution in [3.63, 3.8) is 0 Å². The fourth-order valence-corrected chi connectivity index (χ4v) is 2.04. The average molecular weight is 187 g/mol. The highest BCUT2D eigenvalue weighted by atomic mass is 32.2. The van der Waals surface area contributed by atoms with Gasteiger partial charge in [-0.3, -0.25) is 0 Å². The van der Waals surface area contributed by atoms with Crippen LogP contribution in [0, 0.1) is 5.25 Å². The molecule has 11 heavy (non-hydrogen) atoms. The molecule has 0 heterocycles. The summed E-state index contributed by atoms with van der Waals surface area (Å²) in [5.41, 5.74) is 0. The maximum atomic E-state index is 11.5. The van der Waals surface area contributed by atoms with E-state index in [1.807, 2.05) is 0 Å². The van der Waals surface area contributed by atoms with Crippen LogP contribution < -0.4 is 0 Å². The third-order valence-electron chi connectivity index (χ3n) is 1.25. The topological polar surface area (TPSA) is 34.1 Å². The van der Waals surface area contributed by atoms with Crippen LogP contribution in [0.2, 0.25) is 0 Å². The minimum atomic E-state index is -4.60. The highest BCUT2D eigenvalue weighted by Crippen LogP contribution is 2.39. The molecule has 6 heteroatoms. The summed E-state index contributed by atoms with van der Waals surface area (Å²) in [4.78, 5) is 0. The first-order valence-corrected chi connectivity index (χ1v) is 4.61. The van der Waals surface area contributed by atoms with Crippen LogP contribution in [0.1, 0.15) is 12.8 Å². The van der Waals surface area contributed by atoms with Gasteiger partial charge in [0.05, 0.1) is 5.25 Å². The second-order valence-electron chi connectivity index (χ2n) is 2.41. The molecule has 2 nitrogen and oxygen atoms in total. The second-order valence-corrected chi connectivity index (χ2v) is 4.51. The fourth-order valence-electron chi connectivity index (χ4n) is 0.680. The molecule has 1 fully saturated rings. The molecule has 0 atom stereocenters. The largest absolute Gasteiger partial charge is 0.402 e. The minimum absolute atomic E-state index is 0.0369. The van der Waals surface area contributed by atoms with Crippen molar-refractivity contribution in [2.24, 2.45) is 0 Å². The SMILES string of the molecule is O=S(=O)(CC(F)(F)F)[C]1CC1. The Balaban J connectivity index is 2.60. The van der Waals surface area contributed by atoms with Gasteiger partial charge in [-0.1, -0.05) is 0 Å². The summed E-state index contributed by atoms with van der Waals surface area (Å²) in [5.74, 6) is -1.70. The normalized spacial score (nSPS) is 20.3. The van der Waals surface area contributed by atoms with E-state index in [4.69, 9.17) is 0 Å². The van der Waals surface area contributed by atoms with E-state index in [1.54, 1.807) is 0 Å². The van der Waals surface area contributed by atoms with E-state index in [0.29, 0.717) is 12.8 Å². The zero-order valence-corrected chi connectivity index (χ0v) is 6.30. The molecular formula is C5H6F3O2S. The van der Waals surface area contributed by atoms with Crippen LogP contribution in [0.4, 0.5) is 13.2 Å². The Morgan fingerprint density at radius 2 is 1.73 bits per heavy atom. The van der Waals surface area contributed by atoms with E-state index in [9.17, 15) is 21.6 Å².